The van der Waals surface area contributed by atoms with Gasteiger partial charge >= 0.3 is 0 Å². The zero-order chi connectivity index (χ0) is 11.6. The van der Waals surface area contributed by atoms with Crippen molar-refractivity contribution in [1.82, 2.24) is 0 Å². The predicted octanol–water partition coefficient (Wildman–Crippen LogP) is 3.31. The minimum absolute atomic E-state index is 0.226. The van der Waals surface area contributed by atoms with E-state index in [9.17, 15) is 9.50 Å². The van der Waals surface area contributed by atoms with Crippen LogP contribution in [-0.2, 0) is 6.42 Å². The Morgan fingerprint density at radius 2 is 2.19 bits per heavy atom. The number of hydrogen-bond acceptors (Lipinski definition) is 1. The summed E-state index contributed by atoms with van der Waals surface area (Å²) in [5, 5.41) is 10.2. The van der Waals surface area contributed by atoms with Gasteiger partial charge in [0.2, 0.25) is 0 Å². The van der Waals surface area contributed by atoms with Gasteiger partial charge in [-0.15, -0.1) is 0 Å². The molecular weight excluding hydrogens is 203 g/mol. The van der Waals surface area contributed by atoms with Crippen molar-refractivity contribution in [2.45, 2.75) is 44.6 Å². The Morgan fingerprint density at radius 3 is 2.81 bits per heavy atom. The molecule has 1 N–H and O–H groups in total. The smallest absolute Gasteiger partial charge is 0.123 e. The van der Waals surface area contributed by atoms with E-state index >= 15 is 0 Å². The maximum Gasteiger partial charge on any atom is 0.123 e. The van der Waals surface area contributed by atoms with Crippen LogP contribution in [0.3, 0.4) is 0 Å². The fraction of sp³-hybridized carbons (Fsp3) is 0.571. The summed E-state index contributed by atoms with van der Waals surface area (Å²) >= 11 is 0. The lowest BCUT2D eigenvalue weighted by Crippen LogP contribution is -2.27. The summed E-state index contributed by atoms with van der Waals surface area (Å²) in [6.45, 7) is 1.85. The first-order valence-electron chi connectivity index (χ1n) is 6.02. The van der Waals surface area contributed by atoms with Crippen LogP contribution in [0, 0.1) is 11.7 Å². The van der Waals surface area contributed by atoms with E-state index in [1.54, 1.807) is 6.07 Å². The molecule has 0 spiro atoms. The van der Waals surface area contributed by atoms with Gasteiger partial charge in [-0.1, -0.05) is 25.0 Å². The van der Waals surface area contributed by atoms with Crippen LogP contribution < -0.4 is 0 Å². The Balaban J connectivity index is 1.90. The summed E-state index contributed by atoms with van der Waals surface area (Å²) in [6, 6.07) is 6.50. The SMILES string of the molecule is CC(O)(CCC1CC1)Cc1cccc(F)c1. The van der Waals surface area contributed by atoms with Gasteiger partial charge in [0.15, 0.2) is 0 Å². The van der Waals surface area contributed by atoms with Crippen molar-refractivity contribution in [1.29, 1.82) is 0 Å². The monoisotopic (exact) mass is 222 g/mol. The Kier molecular flexibility index (Phi) is 3.29. The molecule has 0 amide bonds. The first-order valence-corrected chi connectivity index (χ1v) is 6.02. The van der Waals surface area contributed by atoms with Crippen LogP contribution in [0.25, 0.3) is 0 Å². The van der Waals surface area contributed by atoms with Gasteiger partial charge in [0.1, 0.15) is 5.82 Å². The second kappa shape index (κ2) is 4.54. The average molecular weight is 222 g/mol. The topological polar surface area (TPSA) is 20.2 Å². The molecule has 0 radical (unpaired) electrons. The van der Waals surface area contributed by atoms with Gasteiger partial charge in [-0.05, 0) is 43.4 Å². The molecular formula is C14H19FO. The maximum atomic E-state index is 13.0. The van der Waals surface area contributed by atoms with Gasteiger partial charge in [0, 0.05) is 6.42 Å². The first kappa shape index (κ1) is 11.6. The molecule has 88 valence electrons. The van der Waals surface area contributed by atoms with E-state index in [-0.39, 0.29) is 5.82 Å². The van der Waals surface area contributed by atoms with Crippen LogP contribution in [0.1, 0.15) is 38.2 Å². The fourth-order valence-corrected chi connectivity index (χ4v) is 2.10. The van der Waals surface area contributed by atoms with Crippen molar-refractivity contribution >= 4 is 0 Å². The summed E-state index contributed by atoms with van der Waals surface area (Å²) in [7, 11) is 0. The van der Waals surface area contributed by atoms with E-state index in [4.69, 9.17) is 0 Å². The molecule has 0 saturated heterocycles. The molecule has 1 unspecified atom stereocenters. The Morgan fingerprint density at radius 1 is 1.44 bits per heavy atom. The van der Waals surface area contributed by atoms with E-state index in [1.807, 2.05) is 13.0 Å². The predicted molar refractivity (Wildman–Crippen MR) is 62.7 cm³/mol. The lowest BCUT2D eigenvalue weighted by molar-refractivity contribution is 0.0476. The van der Waals surface area contributed by atoms with E-state index in [0.717, 1.165) is 24.3 Å². The molecule has 1 aliphatic rings. The third-order valence-electron chi connectivity index (χ3n) is 3.26. The van der Waals surface area contributed by atoms with E-state index in [2.05, 4.69) is 0 Å². The molecule has 1 aliphatic carbocycles. The largest absolute Gasteiger partial charge is 0.390 e. The summed E-state index contributed by atoms with van der Waals surface area (Å²) in [5.74, 6) is 0.606. The van der Waals surface area contributed by atoms with Crippen molar-refractivity contribution in [2.24, 2.45) is 5.92 Å². The molecule has 2 heteroatoms. The minimum atomic E-state index is -0.698. The van der Waals surface area contributed by atoms with Gasteiger partial charge in [0.05, 0.1) is 5.60 Å². The van der Waals surface area contributed by atoms with Crippen molar-refractivity contribution in [3.05, 3.63) is 35.6 Å². The van der Waals surface area contributed by atoms with E-state index in [1.165, 1.54) is 25.0 Å². The quantitative estimate of drug-likeness (QED) is 0.810. The molecule has 1 aromatic rings. The zero-order valence-electron chi connectivity index (χ0n) is 9.75. The van der Waals surface area contributed by atoms with Crippen LogP contribution in [0.5, 0.6) is 0 Å². The fourth-order valence-electron chi connectivity index (χ4n) is 2.10. The van der Waals surface area contributed by atoms with Gasteiger partial charge in [-0.2, -0.15) is 0 Å². The molecule has 1 fully saturated rings. The van der Waals surface area contributed by atoms with Crippen LogP contribution in [0.4, 0.5) is 4.39 Å². The van der Waals surface area contributed by atoms with Crippen LogP contribution in [0.2, 0.25) is 0 Å². The second-order valence-electron chi connectivity index (χ2n) is 5.29. The molecule has 0 aliphatic heterocycles. The third-order valence-corrected chi connectivity index (χ3v) is 3.26. The Hall–Kier alpha value is -0.890. The second-order valence-corrected chi connectivity index (χ2v) is 5.29. The first-order chi connectivity index (χ1) is 7.55. The number of benzene rings is 1. The molecule has 1 aromatic carbocycles. The highest BCUT2D eigenvalue weighted by Crippen LogP contribution is 2.35. The molecule has 16 heavy (non-hydrogen) atoms. The van der Waals surface area contributed by atoms with Gasteiger partial charge in [-0.3, -0.25) is 0 Å². The Bertz CT molecular complexity index is 356. The number of rotatable bonds is 5. The molecule has 0 aromatic heterocycles. The number of aliphatic hydroxyl groups is 1. The number of halogens is 1. The minimum Gasteiger partial charge on any atom is -0.390 e. The zero-order valence-corrected chi connectivity index (χ0v) is 9.75. The standard InChI is InChI=1S/C14H19FO/c1-14(16,8-7-11-5-6-11)10-12-3-2-4-13(15)9-12/h2-4,9,11,16H,5-8,10H2,1H3. The number of hydrogen-bond donors (Lipinski definition) is 1. The van der Waals surface area contributed by atoms with E-state index in [0.29, 0.717) is 6.42 Å². The van der Waals surface area contributed by atoms with Gasteiger partial charge < -0.3 is 5.11 Å². The average Bonchev–Trinajstić information content (AvgIpc) is 2.97. The molecule has 0 heterocycles. The summed E-state index contributed by atoms with van der Waals surface area (Å²) < 4.78 is 13.0. The molecule has 1 nitrogen and oxygen atoms in total. The molecule has 2 rings (SSSR count). The van der Waals surface area contributed by atoms with Crippen LogP contribution >= 0.6 is 0 Å². The van der Waals surface area contributed by atoms with Crippen molar-refractivity contribution in [3.8, 4) is 0 Å². The van der Waals surface area contributed by atoms with Crippen molar-refractivity contribution in [3.63, 3.8) is 0 Å². The lowest BCUT2D eigenvalue weighted by Gasteiger charge is -2.23. The summed E-state index contributed by atoms with van der Waals surface area (Å²) in [5.41, 5.74) is 0.178. The lowest BCUT2D eigenvalue weighted by atomic mass is 9.91. The third kappa shape index (κ3) is 3.60. The van der Waals surface area contributed by atoms with Gasteiger partial charge in [-0.25, -0.2) is 4.39 Å². The maximum absolute atomic E-state index is 13.0. The van der Waals surface area contributed by atoms with Gasteiger partial charge in [0.25, 0.3) is 0 Å². The molecule has 0 bridgehead atoms. The van der Waals surface area contributed by atoms with Crippen molar-refractivity contribution in [2.75, 3.05) is 0 Å². The highest BCUT2D eigenvalue weighted by molar-refractivity contribution is 5.18. The van der Waals surface area contributed by atoms with Crippen molar-refractivity contribution < 1.29 is 9.50 Å². The summed E-state index contributed by atoms with van der Waals surface area (Å²) in [6.07, 6.45) is 5.08. The normalized spacial score (nSPS) is 19.4. The highest BCUT2D eigenvalue weighted by Gasteiger charge is 2.27. The molecule has 1 saturated carbocycles. The highest BCUT2D eigenvalue weighted by atomic mass is 19.1. The Labute approximate surface area is 96.3 Å². The summed E-state index contributed by atoms with van der Waals surface area (Å²) in [4.78, 5) is 0. The van der Waals surface area contributed by atoms with E-state index < -0.39 is 5.60 Å². The van der Waals surface area contributed by atoms with Crippen LogP contribution in [-0.4, -0.2) is 10.7 Å². The van der Waals surface area contributed by atoms with Crippen LogP contribution in [0.15, 0.2) is 24.3 Å². The molecule has 1 atom stereocenters.